The van der Waals surface area contributed by atoms with Gasteiger partial charge in [0, 0.05) is 34.8 Å². The fraction of sp³-hybridized carbons (Fsp3) is 0.0435. The van der Waals surface area contributed by atoms with E-state index in [-0.39, 0.29) is 11.7 Å². The van der Waals surface area contributed by atoms with E-state index in [9.17, 15) is 9.59 Å². The van der Waals surface area contributed by atoms with Crippen molar-refractivity contribution in [3.63, 3.8) is 0 Å². The Balaban J connectivity index is 1.78. The number of hydrogen-bond donors (Lipinski definition) is 4. The minimum absolute atomic E-state index is 0.0539. The molecule has 154 valence electrons. The van der Waals surface area contributed by atoms with Crippen molar-refractivity contribution in [1.82, 2.24) is 9.55 Å². The number of benzene rings is 2. The van der Waals surface area contributed by atoms with Crippen LogP contribution in [0.15, 0.2) is 73.1 Å². The predicted octanol–water partition coefficient (Wildman–Crippen LogP) is 2.72. The number of pyridine rings is 1. The van der Waals surface area contributed by atoms with Gasteiger partial charge in [-0.2, -0.15) is 0 Å². The summed E-state index contributed by atoms with van der Waals surface area (Å²) in [5.74, 6) is -0.843. The molecule has 4 aromatic rings. The summed E-state index contributed by atoms with van der Waals surface area (Å²) in [5, 5.41) is 11.4. The van der Waals surface area contributed by atoms with Crippen LogP contribution in [0.3, 0.4) is 0 Å². The van der Waals surface area contributed by atoms with Gasteiger partial charge >= 0.3 is 0 Å². The number of hydrogen-bond acceptors (Lipinski definition) is 4. The van der Waals surface area contributed by atoms with Gasteiger partial charge in [-0.15, -0.1) is 0 Å². The van der Waals surface area contributed by atoms with Gasteiger partial charge in [0.15, 0.2) is 0 Å². The van der Waals surface area contributed by atoms with Crippen LogP contribution in [0.2, 0.25) is 0 Å². The van der Waals surface area contributed by atoms with Gasteiger partial charge in [0.2, 0.25) is 5.91 Å². The molecule has 0 spiro atoms. The van der Waals surface area contributed by atoms with E-state index < -0.39 is 5.91 Å². The van der Waals surface area contributed by atoms with Crippen LogP contribution < -0.4 is 16.8 Å². The number of anilines is 1. The van der Waals surface area contributed by atoms with Crippen molar-refractivity contribution in [3.8, 4) is 0 Å². The van der Waals surface area contributed by atoms with Crippen molar-refractivity contribution >= 4 is 34.2 Å². The van der Waals surface area contributed by atoms with E-state index in [1.54, 1.807) is 67.0 Å². The molecular formula is C23H20N6O2. The van der Waals surface area contributed by atoms with Gasteiger partial charge in [0.25, 0.3) is 5.91 Å². The quantitative estimate of drug-likeness (QED) is 0.285. The van der Waals surface area contributed by atoms with Crippen LogP contribution in [-0.2, 0) is 6.54 Å². The van der Waals surface area contributed by atoms with Gasteiger partial charge in [-0.1, -0.05) is 24.3 Å². The molecule has 0 saturated carbocycles. The first-order valence-electron chi connectivity index (χ1n) is 9.50. The monoisotopic (exact) mass is 412 g/mol. The molecule has 0 aliphatic heterocycles. The summed E-state index contributed by atoms with van der Waals surface area (Å²) < 4.78 is 1.85. The maximum atomic E-state index is 13.1. The zero-order valence-corrected chi connectivity index (χ0v) is 16.5. The molecule has 8 nitrogen and oxygen atoms in total. The summed E-state index contributed by atoms with van der Waals surface area (Å²) in [7, 11) is 0. The number of fused-ring (bicyclic) bond motifs is 1. The molecule has 0 aliphatic carbocycles. The number of aromatic nitrogens is 2. The molecule has 0 aliphatic rings. The second kappa shape index (κ2) is 8.11. The molecule has 0 fully saturated rings. The standard InChI is InChI=1S/C23H20N6O2/c24-21(25)17-8-7-16-10-20(23(31)28-18-2-1-9-27-12-18)29(19(16)11-17)13-14-3-5-15(6-4-14)22(26)30/h1-12H,13H2,(H3,24,25)(H2,26,30)(H,28,31). The predicted molar refractivity (Wildman–Crippen MR) is 119 cm³/mol. The highest BCUT2D eigenvalue weighted by atomic mass is 16.2. The normalized spacial score (nSPS) is 10.7. The molecule has 0 bridgehead atoms. The lowest BCUT2D eigenvalue weighted by atomic mass is 10.1. The van der Waals surface area contributed by atoms with E-state index in [0.717, 1.165) is 16.5 Å². The van der Waals surface area contributed by atoms with Crippen LogP contribution in [0.4, 0.5) is 5.69 Å². The molecule has 2 aromatic carbocycles. The lowest BCUT2D eigenvalue weighted by Gasteiger charge is -2.12. The zero-order valence-electron chi connectivity index (χ0n) is 16.5. The minimum atomic E-state index is -0.499. The average Bonchev–Trinajstić information content (AvgIpc) is 3.12. The average molecular weight is 412 g/mol. The minimum Gasteiger partial charge on any atom is -0.384 e. The Morgan fingerprint density at radius 2 is 1.74 bits per heavy atom. The largest absolute Gasteiger partial charge is 0.384 e. The van der Waals surface area contributed by atoms with Crippen molar-refractivity contribution < 1.29 is 9.59 Å². The van der Waals surface area contributed by atoms with E-state index in [2.05, 4.69) is 10.3 Å². The third-order valence-corrected chi connectivity index (χ3v) is 4.95. The molecule has 2 aromatic heterocycles. The summed E-state index contributed by atoms with van der Waals surface area (Å²) in [6.07, 6.45) is 3.20. The van der Waals surface area contributed by atoms with Gasteiger partial charge in [0.1, 0.15) is 11.5 Å². The second-order valence-electron chi connectivity index (χ2n) is 7.06. The van der Waals surface area contributed by atoms with Crippen molar-refractivity contribution in [3.05, 3.63) is 95.4 Å². The molecule has 0 atom stereocenters. The van der Waals surface area contributed by atoms with Crippen LogP contribution in [0.5, 0.6) is 0 Å². The van der Waals surface area contributed by atoms with Crippen LogP contribution in [0.1, 0.15) is 32.0 Å². The first-order chi connectivity index (χ1) is 14.9. The fourth-order valence-corrected chi connectivity index (χ4v) is 3.37. The van der Waals surface area contributed by atoms with Crippen molar-refractivity contribution in [2.75, 3.05) is 5.32 Å². The molecule has 0 unspecified atom stereocenters. The first-order valence-corrected chi connectivity index (χ1v) is 9.50. The number of rotatable bonds is 6. The number of nitrogens with zero attached hydrogens (tertiary/aromatic N) is 2. The maximum absolute atomic E-state index is 13.1. The van der Waals surface area contributed by atoms with E-state index >= 15 is 0 Å². The van der Waals surface area contributed by atoms with Crippen molar-refractivity contribution in [2.45, 2.75) is 6.54 Å². The topological polar surface area (TPSA) is 140 Å². The highest BCUT2D eigenvalue weighted by molar-refractivity contribution is 6.07. The van der Waals surface area contributed by atoms with Gasteiger partial charge in [-0.05, 0) is 42.0 Å². The van der Waals surface area contributed by atoms with Gasteiger partial charge in [0.05, 0.1) is 11.9 Å². The SMILES string of the molecule is N=C(N)c1ccc2cc(C(=O)Nc3cccnc3)n(Cc3ccc(C(N)=O)cc3)c2c1. The number of nitrogens with one attached hydrogen (secondary N) is 2. The zero-order chi connectivity index (χ0) is 22.0. The molecule has 8 heteroatoms. The highest BCUT2D eigenvalue weighted by Crippen LogP contribution is 2.24. The smallest absolute Gasteiger partial charge is 0.272 e. The molecule has 4 rings (SSSR count). The third-order valence-electron chi connectivity index (χ3n) is 4.95. The van der Waals surface area contributed by atoms with Crippen LogP contribution in [-0.4, -0.2) is 27.2 Å². The number of carbonyl (C=O) groups is 2. The second-order valence-corrected chi connectivity index (χ2v) is 7.06. The van der Waals surface area contributed by atoms with E-state index in [4.69, 9.17) is 16.9 Å². The number of carbonyl (C=O) groups excluding carboxylic acids is 2. The molecule has 0 saturated heterocycles. The summed E-state index contributed by atoms with van der Waals surface area (Å²) in [6, 6.07) is 17.6. The lowest BCUT2D eigenvalue weighted by molar-refractivity contribution is 0.0997. The summed E-state index contributed by atoms with van der Waals surface area (Å²) in [4.78, 5) is 28.4. The van der Waals surface area contributed by atoms with Crippen LogP contribution in [0, 0.1) is 5.41 Å². The Labute approximate surface area is 178 Å². The van der Waals surface area contributed by atoms with Crippen molar-refractivity contribution in [2.24, 2.45) is 11.5 Å². The number of nitrogen functional groups attached to an aromatic ring is 1. The third kappa shape index (κ3) is 4.13. The van der Waals surface area contributed by atoms with Crippen LogP contribution >= 0.6 is 0 Å². The summed E-state index contributed by atoms with van der Waals surface area (Å²) in [6.45, 7) is 0.375. The molecule has 0 radical (unpaired) electrons. The van der Waals surface area contributed by atoms with E-state index in [1.165, 1.54) is 0 Å². The number of amides is 2. The van der Waals surface area contributed by atoms with Gasteiger partial charge in [-0.3, -0.25) is 20.0 Å². The van der Waals surface area contributed by atoms with Gasteiger partial charge < -0.3 is 21.4 Å². The molecule has 31 heavy (non-hydrogen) atoms. The molecule has 6 N–H and O–H groups in total. The van der Waals surface area contributed by atoms with Gasteiger partial charge in [-0.25, -0.2) is 0 Å². The Kier molecular flexibility index (Phi) is 5.19. The maximum Gasteiger partial charge on any atom is 0.272 e. The number of nitrogens with two attached hydrogens (primary N) is 2. The highest BCUT2D eigenvalue weighted by Gasteiger charge is 2.17. The molecule has 2 heterocycles. The van der Waals surface area contributed by atoms with Crippen molar-refractivity contribution in [1.29, 1.82) is 5.41 Å². The molecular weight excluding hydrogens is 392 g/mol. The number of amidine groups is 1. The van der Waals surface area contributed by atoms with E-state index in [1.807, 2.05) is 10.6 Å². The first kappa shape index (κ1) is 19.8. The van der Waals surface area contributed by atoms with Crippen LogP contribution in [0.25, 0.3) is 10.9 Å². The summed E-state index contributed by atoms with van der Waals surface area (Å²) >= 11 is 0. The Hall–Kier alpha value is -4.46. The Morgan fingerprint density at radius 3 is 2.39 bits per heavy atom. The Bertz CT molecular complexity index is 1290. The molecule has 2 amide bonds. The van der Waals surface area contributed by atoms with E-state index in [0.29, 0.717) is 29.1 Å². The Morgan fingerprint density at radius 1 is 1.00 bits per heavy atom. The fourth-order valence-electron chi connectivity index (χ4n) is 3.37. The summed E-state index contributed by atoms with van der Waals surface area (Å²) in [5.41, 5.74) is 14.6. The lowest BCUT2D eigenvalue weighted by Crippen LogP contribution is -2.18. The number of primary amides is 1.